The topological polar surface area (TPSA) is 115 Å². The van der Waals surface area contributed by atoms with Gasteiger partial charge in [0.05, 0.1) is 23.0 Å². The van der Waals surface area contributed by atoms with E-state index in [1.807, 2.05) is 6.07 Å². The molecule has 0 spiro atoms. The number of pyridine rings is 1. The number of carboxylic acid groups (broad SMARTS) is 1. The maximum absolute atomic E-state index is 12.6. The molecular weight excluding hydrogens is 380 g/mol. The summed E-state index contributed by atoms with van der Waals surface area (Å²) >= 11 is 5.96. The van der Waals surface area contributed by atoms with Gasteiger partial charge in [-0.25, -0.2) is 0 Å². The molecule has 2 aromatic rings. The molecule has 0 bridgehead atoms. The zero-order valence-corrected chi connectivity index (χ0v) is 15.7. The van der Waals surface area contributed by atoms with Crippen molar-refractivity contribution < 1.29 is 14.7 Å². The number of nitrogens with zero attached hydrogens (tertiary/aromatic N) is 2. The number of nitriles is 1. The number of benzene rings is 1. The van der Waals surface area contributed by atoms with Gasteiger partial charge in [-0.1, -0.05) is 17.7 Å². The van der Waals surface area contributed by atoms with Gasteiger partial charge in [0.1, 0.15) is 6.07 Å². The molecule has 3 rings (SSSR count). The average molecular weight is 399 g/mol. The number of rotatable bonds is 5. The predicted octanol–water partition coefficient (Wildman–Crippen LogP) is 3.37. The predicted molar refractivity (Wildman–Crippen MR) is 104 cm³/mol. The number of aliphatic carboxylic acids is 1. The van der Waals surface area contributed by atoms with Crippen molar-refractivity contribution in [2.45, 2.75) is 25.3 Å². The molecule has 0 aliphatic carbocycles. The summed E-state index contributed by atoms with van der Waals surface area (Å²) in [6, 6.07) is 9.95. The second-order valence-electron chi connectivity index (χ2n) is 6.73. The molecule has 1 aromatic heterocycles. The summed E-state index contributed by atoms with van der Waals surface area (Å²) in [4.78, 5) is 28.1. The van der Waals surface area contributed by atoms with Gasteiger partial charge < -0.3 is 15.7 Å². The van der Waals surface area contributed by atoms with E-state index in [9.17, 15) is 14.9 Å². The summed E-state index contributed by atoms with van der Waals surface area (Å²) in [5.74, 6) is -1.16. The number of nitrogens with one attached hydrogen (secondary N) is 2. The van der Waals surface area contributed by atoms with Crippen molar-refractivity contribution in [1.29, 1.82) is 5.26 Å². The van der Waals surface area contributed by atoms with Crippen LogP contribution in [0.1, 0.15) is 46.9 Å². The van der Waals surface area contributed by atoms with Crippen molar-refractivity contribution in [3.05, 3.63) is 58.4 Å². The van der Waals surface area contributed by atoms with Gasteiger partial charge in [0, 0.05) is 23.2 Å². The fourth-order valence-electron chi connectivity index (χ4n) is 3.38. The molecule has 28 heavy (non-hydrogen) atoms. The third-order valence-corrected chi connectivity index (χ3v) is 4.92. The summed E-state index contributed by atoms with van der Waals surface area (Å²) in [7, 11) is 0. The lowest BCUT2D eigenvalue weighted by molar-refractivity contribution is -0.138. The second kappa shape index (κ2) is 8.83. The van der Waals surface area contributed by atoms with Crippen LogP contribution in [0.25, 0.3) is 0 Å². The Morgan fingerprint density at radius 1 is 1.39 bits per heavy atom. The summed E-state index contributed by atoms with van der Waals surface area (Å²) < 4.78 is 0. The van der Waals surface area contributed by atoms with Gasteiger partial charge >= 0.3 is 5.97 Å². The number of aromatic nitrogens is 1. The molecule has 1 fully saturated rings. The molecular formula is C20H19ClN4O3. The molecule has 0 saturated carbocycles. The Bertz CT molecular complexity index is 941. The van der Waals surface area contributed by atoms with E-state index in [-0.39, 0.29) is 24.3 Å². The lowest BCUT2D eigenvalue weighted by Gasteiger charge is -2.30. The third kappa shape index (κ3) is 4.85. The number of hydrogen-bond acceptors (Lipinski definition) is 5. The van der Waals surface area contributed by atoms with Crippen molar-refractivity contribution in [3.8, 4) is 6.07 Å². The van der Waals surface area contributed by atoms with Crippen LogP contribution in [-0.4, -0.2) is 28.5 Å². The number of carbonyl (C=O) groups excluding carboxylic acids is 1. The number of hydrogen-bond donors (Lipinski definition) is 3. The molecule has 2 unspecified atom stereocenters. The van der Waals surface area contributed by atoms with E-state index in [1.165, 1.54) is 6.20 Å². The Kier molecular flexibility index (Phi) is 6.24. The number of amides is 1. The molecule has 144 valence electrons. The molecule has 2 heterocycles. The highest BCUT2D eigenvalue weighted by atomic mass is 35.5. The van der Waals surface area contributed by atoms with Crippen LogP contribution < -0.4 is 10.6 Å². The second-order valence-corrected chi connectivity index (χ2v) is 7.16. The third-order valence-electron chi connectivity index (χ3n) is 4.69. The fourth-order valence-corrected chi connectivity index (χ4v) is 3.57. The van der Waals surface area contributed by atoms with Crippen LogP contribution in [0.5, 0.6) is 0 Å². The summed E-state index contributed by atoms with van der Waals surface area (Å²) in [5, 5.41) is 24.9. The largest absolute Gasteiger partial charge is 0.481 e. The summed E-state index contributed by atoms with van der Waals surface area (Å²) in [5.41, 5.74) is 1.73. The maximum atomic E-state index is 12.6. The highest BCUT2D eigenvalue weighted by Crippen LogP contribution is 2.32. The lowest BCUT2D eigenvalue weighted by atomic mass is 9.88. The van der Waals surface area contributed by atoms with Crippen LogP contribution in [0.15, 0.2) is 36.5 Å². The van der Waals surface area contributed by atoms with E-state index in [0.29, 0.717) is 40.5 Å². The molecule has 8 heteroatoms. The molecule has 1 saturated heterocycles. The van der Waals surface area contributed by atoms with Crippen LogP contribution in [0, 0.1) is 17.2 Å². The molecule has 1 aliphatic heterocycles. The molecule has 1 aliphatic rings. The lowest BCUT2D eigenvalue weighted by Crippen LogP contribution is -2.34. The van der Waals surface area contributed by atoms with Gasteiger partial charge in [0.15, 0.2) is 0 Å². The zero-order chi connectivity index (χ0) is 20.1. The van der Waals surface area contributed by atoms with Gasteiger partial charge in [0.25, 0.3) is 5.91 Å². The highest BCUT2D eigenvalue weighted by molar-refractivity contribution is 6.31. The van der Waals surface area contributed by atoms with Crippen LogP contribution in [0.2, 0.25) is 5.02 Å². The zero-order valence-electron chi connectivity index (χ0n) is 15.0. The van der Waals surface area contributed by atoms with Crippen LogP contribution in [0.4, 0.5) is 5.69 Å². The number of carbonyl (C=O) groups is 2. The van der Waals surface area contributed by atoms with Crippen molar-refractivity contribution in [2.24, 2.45) is 5.92 Å². The van der Waals surface area contributed by atoms with E-state index in [2.05, 4.69) is 15.6 Å². The fraction of sp³-hybridized carbons (Fsp3) is 0.300. The maximum Gasteiger partial charge on any atom is 0.303 e. The smallest absolute Gasteiger partial charge is 0.303 e. The van der Waals surface area contributed by atoms with Crippen LogP contribution in [-0.2, 0) is 4.79 Å². The van der Waals surface area contributed by atoms with E-state index in [1.54, 1.807) is 30.3 Å². The minimum Gasteiger partial charge on any atom is -0.481 e. The monoisotopic (exact) mass is 398 g/mol. The standard InChI is InChI=1S/C20H19ClN4O3/c21-15-3-1-2-14(9-15)20(28)25-17-7-13(10-22)11-24-19(17)16-6-12(4-5-23-16)8-18(26)27/h1-3,7,9,11-12,16,23H,4-6,8H2,(H,25,28)(H,26,27). The van der Waals surface area contributed by atoms with E-state index in [0.717, 1.165) is 6.42 Å². The highest BCUT2D eigenvalue weighted by Gasteiger charge is 2.27. The first-order valence-electron chi connectivity index (χ1n) is 8.88. The normalized spacial score (nSPS) is 18.9. The number of carboxylic acids is 1. The van der Waals surface area contributed by atoms with Crippen molar-refractivity contribution in [2.75, 3.05) is 11.9 Å². The van der Waals surface area contributed by atoms with Crippen molar-refractivity contribution in [1.82, 2.24) is 10.3 Å². The molecule has 3 N–H and O–H groups in total. The average Bonchev–Trinajstić information content (AvgIpc) is 2.67. The molecule has 1 aromatic carbocycles. The summed E-state index contributed by atoms with van der Waals surface area (Å²) in [6.45, 7) is 0.659. The molecule has 7 nitrogen and oxygen atoms in total. The Morgan fingerprint density at radius 3 is 2.93 bits per heavy atom. The van der Waals surface area contributed by atoms with Gasteiger partial charge in [-0.15, -0.1) is 0 Å². The van der Waals surface area contributed by atoms with Gasteiger partial charge in [-0.05, 0) is 49.6 Å². The first kappa shape index (κ1) is 19.8. The molecule has 2 atom stereocenters. The van der Waals surface area contributed by atoms with Gasteiger partial charge in [0.2, 0.25) is 0 Å². The van der Waals surface area contributed by atoms with Gasteiger partial charge in [-0.3, -0.25) is 14.6 Å². The molecule has 0 radical (unpaired) electrons. The molecule has 1 amide bonds. The van der Waals surface area contributed by atoms with E-state index < -0.39 is 5.97 Å². The summed E-state index contributed by atoms with van der Waals surface area (Å²) in [6.07, 6.45) is 2.90. The number of halogens is 1. The van der Waals surface area contributed by atoms with Crippen LogP contribution in [0.3, 0.4) is 0 Å². The Hall–Kier alpha value is -2.95. The quantitative estimate of drug-likeness (QED) is 0.711. The first-order valence-corrected chi connectivity index (χ1v) is 9.26. The van der Waals surface area contributed by atoms with Crippen molar-refractivity contribution in [3.63, 3.8) is 0 Å². The van der Waals surface area contributed by atoms with Crippen molar-refractivity contribution >= 4 is 29.2 Å². The Morgan fingerprint density at radius 2 is 2.21 bits per heavy atom. The van der Waals surface area contributed by atoms with E-state index >= 15 is 0 Å². The first-order chi connectivity index (χ1) is 13.5. The van der Waals surface area contributed by atoms with Crippen LogP contribution >= 0.6 is 11.6 Å². The Balaban J connectivity index is 1.87. The van der Waals surface area contributed by atoms with E-state index in [4.69, 9.17) is 16.7 Å². The van der Waals surface area contributed by atoms with Gasteiger partial charge in [-0.2, -0.15) is 5.26 Å². The SMILES string of the molecule is N#Cc1cnc(C2CC(CC(=O)O)CCN2)c(NC(=O)c2cccc(Cl)c2)c1. The number of piperidine rings is 1. The minimum atomic E-state index is -0.826. The number of anilines is 1. The Labute approximate surface area is 167 Å². The minimum absolute atomic E-state index is 0.0256.